The first-order valence-corrected chi connectivity index (χ1v) is 8.79. The lowest BCUT2D eigenvalue weighted by Gasteiger charge is -2.23. The lowest BCUT2D eigenvalue weighted by Crippen LogP contribution is -2.19. The fourth-order valence-electron chi connectivity index (χ4n) is 3.23. The Labute approximate surface area is 146 Å². The summed E-state index contributed by atoms with van der Waals surface area (Å²) >= 11 is 0. The standard InChI is InChI=1S/C18H22N6O/c1-24-18-16(22-23-24)17(20-12-21-18)19-11-13-7-9-15(10-8-13)25-14-5-3-2-4-6-14/h7-10,12,14H,2-6,11H2,1H3,(H,19,20,21). The normalized spacial score (nSPS) is 15.4. The monoisotopic (exact) mass is 338 g/mol. The van der Waals surface area contributed by atoms with E-state index < -0.39 is 0 Å². The van der Waals surface area contributed by atoms with Crippen LogP contribution in [-0.4, -0.2) is 31.1 Å². The summed E-state index contributed by atoms with van der Waals surface area (Å²) in [6.45, 7) is 0.659. The van der Waals surface area contributed by atoms with Crippen LogP contribution >= 0.6 is 0 Å². The summed E-state index contributed by atoms with van der Waals surface area (Å²) < 4.78 is 7.71. The first-order valence-electron chi connectivity index (χ1n) is 8.79. The zero-order chi connectivity index (χ0) is 17.1. The lowest BCUT2D eigenvalue weighted by atomic mass is 9.98. The van der Waals surface area contributed by atoms with E-state index in [-0.39, 0.29) is 0 Å². The van der Waals surface area contributed by atoms with E-state index >= 15 is 0 Å². The van der Waals surface area contributed by atoms with Crippen molar-refractivity contribution in [2.45, 2.75) is 44.8 Å². The fraction of sp³-hybridized carbons (Fsp3) is 0.444. The molecular weight excluding hydrogens is 316 g/mol. The molecule has 25 heavy (non-hydrogen) atoms. The number of nitrogens with one attached hydrogen (secondary N) is 1. The van der Waals surface area contributed by atoms with Gasteiger partial charge in [0.25, 0.3) is 0 Å². The van der Waals surface area contributed by atoms with E-state index in [0.29, 0.717) is 29.6 Å². The van der Waals surface area contributed by atoms with E-state index in [2.05, 4.69) is 37.7 Å². The molecule has 0 bridgehead atoms. The third-order valence-electron chi connectivity index (χ3n) is 4.63. The maximum absolute atomic E-state index is 6.07. The Morgan fingerprint density at radius 2 is 1.92 bits per heavy atom. The highest BCUT2D eigenvalue weighted by molar-refractivity contribution is 5.81. The SMILES string of the molecule is Cn1nnc2c(NCc3ccc(OC4CCCCC4)cc3)ncnc21. The highest BCUT2D eigenvalue weighted by atomic mass is 16.5. The van der Waals surface area contributed by atoms with Crippen LogP contribution in [0.2, 0.25) is 0 Å². The van der Waals surface area contributed by atoms with E-state index in [0.717, 1.165) is 11.3 Å². The molecule has 3 aromatic rings. The van der Waals surface area contributed by atoms with Gasteiger partial charge in [0.2, 0.25) is 0 Å². The zero-order valence-electron chi connectivity index (χ0n) is 14.4. The lowest BCUT2D eigenvalue weighted by molar-refractivity contribution is 0.155. The molecule has 0 aliphatic heterocycles. The van der Waals surface area contributed by atoms with Crippen LogP contribution in [0.4, 0.5) is 5.82 Å². The van der Waals surface area contributed by atoms with Crippen LogP contribution in [0, 0.1) is 0 Å². The Kier molecular flexibility index (Phi) is 4.45. The second-order valence-electron chi connectivity index (χ2n) is 6.48. The second kappa shape index (κ2) is 7.04. The summed E-state index contributed by atoms with van der Waals surface area (Å²) in [5, 5.41) is 11.4. The minimum absolute atomic E-state index is 0.378. The van der Waals surface area contributed by atoms with E-state index in [1.165, 1.54) is 38.4 Å². The predicted molar refractivity (Wildman–Crippen MR) is 95.4 cm³/mol. The molecule has 0 saturated heterocycles. The first kappa shape index (κ1) is 15.8. The van der Waals surface area contributed by atoms with Crippen LogP contribution in [0.5, 0.6) is 5.75 Å². The van der Waals surface area contributed by atoms with Gasteiger partial charge >= 0.3 is 0 Å². The average molecular weight is 338 g/mol. The van der Waals surface area contributed by atoms with Crippen LogP contribution in [0.1, 0.15) is 37.7 Å². The molecule has 4 rings (SSSR count). The van der Waals surface area contributed by atoms with E-state index in [4.69, 9.17) is 4.74 Å². The summed E-state index contributed by atoms with van der Waals surface area (Å²) in [7, 11) is 1.82. The number of aryl methyl sites for hydroxylation is 1. The summed E-state index contributed by atoms with van der Waals surface area (Å²) in [5.41, 5.74) is 2.56. The van der Waals surface area contributed by atoms with Gasteiger partial charge in [0.15, 0.2) is 17.0 Å². The third-order valence-corrected chi connectivity index (χ3v) is 4.63. The minimum Gasteiger partial charge on any atom is -0.490 e. The molecule has 1 fully saturated rings. The van der Waals surface area contributed by atoms with Crippen LogP contribution in [0.3, 0.4) is 0 Å². The molecule has 0 atom stereocenters. The molecule has 1 N–H and O–H groups in total. The fourth-order valence-corrected chi connectivity index (χ4v) is 3.23. The molecule has 0 radical (unpaired) electrons. The van der Waals surface area contributed by atoms with Crippen molar-refractivity contribution in [3.8, 4) is 5.75 Å². The molecule has 1 saturated carbocycles. The molecule has 1 aliphatic rings. The molecule has 0 spiro atoms. The van der Waals surface area contributed by atoms with E-state index in [9.17, 15) is 0 Å². The molecule has 130 valence electrons. The number of ether oxygens (including phenoxy) is 1. The van der Waals surface area contributed by atoms with Crippen molar-refractivity contribution >= 4 is 17.0 Å². The average Bonchev–Trinajstić information content (AvgIpc) is 3.04. The van der Waals surface area contributed by atoms with Crippen molar-refractivity contribution < 1.29 is 4.74 Å². The van der Waals surface area contributed by atoms with Gasteiger partial charge in [-0.1, -0.05) is 23.8 Å². The highest BCUT2D eigenvalue weighted by Gasteiger charge is 2.14. The molecule has 1 aromatic carbocycles. The Morgan fingerprint density at radius 1 is 1.12 bits per heavy atom. The number of benzene rings is 1. The molecule has 7 nitrogen and oxygen atoms in total. The van der Waals surface area contributed by atoms with Crippen LogP contribution < -0.4 is 10.1 Å². The maximum atomic E-state index is 6.07. The molecule has 2 aromatic heterocycles. The Balaban J connectivity index is 1.39. The zero-order valence-corrected chi connectivity index (χ0v) is 14.4. The molecular formula is C18H22N6O. The number of rotatable bonds is 5. The van der Waals surface area contributed by atoms with Gasteiger partial charge in [-0.25, -0.2) is 14.6 Å². The largest absolute Gasteiger partial charge is 0.490 e. The van der Waals surface area contributed by atoms with Crippen LogP contribution in [0.15, 0.2) is 30.6 Å². The minimum atomic E-state index is 0.378. The smallest absolute Gasteiger partial charge is 0.183 e. The van der Waals surface area contributed by atoms with Gasteiger partial charge in [-0.2, -0.15) is 0 Å². The van der Waals surface area contributed by atoms with Crippen molar-refractivity contribution in [1.29, 1.82) is 0 Å². The molecule has 0 amide bonds. The van der Waals surface area contributed by atoms with Gasteiger partial charge in [-0.05, 0) is 43.4 Å². The Morgan fingerprint density at radius 3 is 2.72 bits per heavy atom. The molecule has 0 unspecified atom stereocenters. The first-order chi connectivity index (χ1) is 12.3. The van der Waals surface area contributed by atoms with Crippen LogP contribution in [-0.2, 0) is 13.6 Å². The quantitative estimate of drug-likeness (QED) is 0.770. The van der Waals surface area contributed by atoms with Crippen LogP contribution in [0.25, 0.3) is 11.2 Å². The van der Waals surface area contributed by atoms with Crippen molar-refractivity contribution in [2.24, 2.45) is 7.05 Å². The number of hydrogen-bond donors (Lipinski definition) is 1. The van der Waals surface area contributed by atoms with Crippen molar-refractivity contribution in [1.82, 2.24) is 25.0 Å². The topological polar surface area (TPSA) is 77.8 Å². The van der Waals surface area contributed by atoms with Crippen molar-refractivity contribution in [3.63, 3.8) is 0 Å². The number of nitrogens with zero attached hydrogens (tertiary/aromatic N) is 5. The summed E-state index contributed by atoms with van der Waals surface area (Å²) in [5.74, 6) is 1.65. The summed E-state index contributed by atoms with van der Waals surface area (Å²) in [6.07, 6.45) is 8.15. The molecule has 2 heterocycles. The van der Waals surface area contributed by atoms with Crippen molar-refractivity contribution in [2.75, 3.05) is 5.32 Å². The predicted octanol–water partition coefficient (Wildman–Crippen LogP) is 3.08. The van der Waals surface area contributed by atoms with E-state index in [1.807, 2.05) is 19.2 Å². The third kappa shape index (κ3) is 3.55. The van der Waals surface area contributed by atoms with Gasteiger partial charge in [0.1, 0.15) is 12.1 Å². The number of hydrogen-bond acceptors (Lipinski definition) is 6. The number of aromatic nitrogens is 5. The Bertz CT molecular complexity index is 838. The maximum Gasteiger partial charge on any atom is 0.183 e. The van der Waals surface area contributed by atoms with Gasteiger partial charge in [-0.15, -0.1) is 5.10 Å². The second-order valence-corrected chi connectivity index (χ2v) is 6.48. The summed E-state index contributed by atoms with van der Waals surface area (Å²) in [6, 6.07) is 8.26. The van der Waals surface area contributed by atoms with Gasteiger partial charge in [-0.3, -0.25) is 0 Å². The summed E-state index contributed by atoms with van der Waals surface area (Å²) in [4.78, 5) is 8.46. The molecule has 1 aliphatic carbocycles. The van der Waals surface area contributed by atoms with E-state index in [1.54, 1.807) is 4.68 Å². The Hall–Kier alpha value is -2.70. The highest BCUT2D eigenvalue weighted by Crippen LogP contribution is 2.24. The van der Waals surface area contributed by atoms with Gasteiger partial charge in [0, 0.05) is 13.6 Å². The van der Waals surface area contributed by atoms with Crippen molar-refractivity contribution in [3.05, 3.63) is 36.2 Å². The number of anilines is 1. The number of fused-ring (bicyclic) bond motifs is 1. The van der Waals surface area contributed by atoms with Gasteiger partial charge < -0.3 is 10.1 Å². The molecule has 7 heteroatoms. The van der Waals surface area contributed by atoms with Gasteiger partial charge in [0.05, 0.1) is 6.10 Å².